The Bertz CT molecular complexity index is 713. The SMILES string of the molecule is Cl.O=C(NC1CCNC1)c1cn(-c2cccc([N+](=O)[O-])c2)nn1. The second-order valence-electron chi connectivity index (χ2n) is 4.99. The van der Waals surface area contributed by atoms with Gasteiger partial charge in [0.05, 0.1) is 16.8 Å². The van der Waals surface area contributed by atoms with Gasteiger partial charge in [0.25, 0.3) is 11.6 Å². The summed E-state index contributed by atoms with van der Waals surface area (Å²) in [7, 11) is 0. The normalized spacial score (nSPS) is 16.6. The number of amides is 1. The van der Waals surface area contributed by atoms with Crippen LogP contribution in [0.4, 0.5) is 5.69 Å². The zero-order chi connectivity index (χ0) is 15.5. The summed E-state index contributed by atoms with van der Waals surface area (Å²) in [5.74, 6) is -0.301. The van der Waals surface area contributed by atoms with Gasteiger partial charge in [0, 0.05) is 24.7 Å². The Hall–Kier alpha value is -2.52. The predicted octanol–water partition coefficient (Wildman–Crippen LogP) is 0.689. The first-order valence-electron chi connectivity index (χ1n) is 6.82. The number of nitrogens with one attached hydrogen (secondary N) is 2. The maximum atomic E-state index is 12.1. The molecule has 23 heavy (non-hydrogen) atoms. The molecule has 122 valence electrons. The number of rotatable bonds is 4. The minimum Gasteiger partial charge on any atom is -0.347 e. The number of benzene rings is 1. The molecule has 1 aliphatic heterocycles. The van der Waals surface area contributed by atoms with Gasteiger partial charge in [-0.3, -0.25) is 14.9 Å². The Morgan fingerprint density at radius 2 is 2.30 bits per heavy atom. The van der Waals surface area contributed by atoms with E-state index in [1.165, 1.54) is 23.0 Å². The van der Waals surface area contributed by atoms with Crippen LogP contribution >= 0.6 is 12.4 Å². The molecular weight excluding hydrogens is 324 g/mol. The summed E-state index contributed by atoms with van der Waals surface area (Å²) in [5.41, 5.74) is 0.609. The Morgan fingerprint density at radius 3 is 3.00 bits per heavy atom. The Labute approximate surface area is 137 Å². The van der Waals surface area contributed by atoms with Gasteiger partial charge in [-0.15, -0.1) is 17.5 Å². The van der Waals surface area contributed by atoms with E-state index in [0.717, 1.165) is 19.5 Å². The second-order valence-corrected chi connectivity index (χ2v) is 4.99. The molecule has 1 amide bonds. The van der Waals surface area contributed by atoms with Crippen molar-refractivity contribution in [2.24, 2.45) is 0 Å². The summed E-state index contributed by atoms with van der Waals surface area (Å²) < 4.78 is 1.34. The lowest BCUT2D eigenvalue weighted by Gasteiger charge is -2.08. The zero-order valence-electron chi connectivity index (χ0n) is 12.0. The number of nitro groups is 1. The van der Waals surface area contributed by atoms with Gasteiger partial charge in [0.2, 0.25) is 0 Å². The van der Waals surface area contributed by atoms with Crippen LogP contribution < -0.4 is 10.6 Å². The van der Waals surface area contributed by atoms with E-state index in [9.17, 15) is 14.9 Å². The standard InChI is InChI=1S/C13H14N6O3.ClH/c20-13(15-9-4-5-14-7-9)12-8-18(17-16-12)10-2-1-3-11(6-10)19(21)22;/h1-3,6,8-9,14H,4-5,7H2,(H,15,20);1H. The van der Waals surface area contributed by atoms with Crippen LogP contribution in [-0.4, -0.2) is 45.0 Å². The van der Waals surface area contributed by atoms with Crippen molar-refractivity contribution in [3.8, 4) is 5.69 Å². The Balaban J connectivity index is 0.00000192. The highest BCUT2D eigenvalue weighted by atomic mass is 35.5. The number of hydrogen-bond acceptors (Lipinski definition) is 6. The van der Waals surface area contributed by atoms with Crippen LogP contribution in [-0.2, 0) is 0 Å². The minimum absolute atomic E-state index is 0. The molecule has 3 rings (SSSR count). The maximum absolute atomic E-state index is 12.1. The molecule has 1 saturated heterocycles. The summed E-state index contributed by atoms with van der Waals surface area (Å²) in [6.45, 7) is 1.62. The van der Waals surface area contributed by atoms with Crippen molar-refractivity contribution < 1.29 is 9.72 Å². The number of carbonyl (C=O) groups is 1. The molecule has 0 radical (unpaired) electrons. The highest BCUT2D eigenvalue weighted by Crippen LogP contribution is 2.16. The van der Waals surface area contributed by atoms with Crippen molar-refractivity contribution in [3.05, 3.63) is 46.3 Å². The molecule has 0 spiro atoms. The number of aromatic nitrogens is 3. The van der Waals surface area contributed by atoms with Gasteiger partial charge in [-0.1, -0.05) is 11.3 Å². The van der Waals surface area contributed by atoms with E-state index in [4.69, 9.17) is 0 Å². The molecule has 1 aliphatic rings. The number of carbonyl (C=O) groups excluding carboxylic acids is 1. The highest BCUT2D eigenvalue weighted by Gasteiger charge is 2.19. The Morgan fingerprint density at radius 1 is 1.48 bits per heavy atom. The van der Waals surface area contributed by atoms with Crippen molar-refractivity contribution in [3.63, 3.8) is 0 Å². The van der Waals surface area contributed by atoms with Crippen molar-refractivity contribution in [2.45, 2.75) is 12.5 Å². The lowest BCUT2D eigenvalue weighted by molar-refractivity contribution is -0.384. The molecule has 1 unspecified atom stereocenters. The average molecular weight is 339 g/mol. The fourth-order valence-corrected chi connectivity index (χ4v) is 2.28. The third-order valence-corrected chi connectivity index (χ3v) is 3.43. The smallest absolute Gasteiger partial charge is 0.273 e. The molecule has 9 nitrogen and oxygen atoms in total. The number of nitrogens with zero attached hydrogens (tertiary/aromatic N) is 4. The fourth-order valence-electron chi connectivity index (χ4n) is 2.28. The van der Waals surface area contributed by atoms with Crippen LogP contribution in [0.2, 0.25) is 0 Å². The molecule has 0 bridgehead atoms. The van der Waals surface area contributed by atoms with E-state index < -0.39 is 4.92 Å². The lowest BCUT2D eigenvalue weighted by Crippen LogP contribution is -2.36. The lowest BCUT2D eigenvalue weighted by atomic mass is 10.2. The molecule has 10 heteroatoms. The van der Waals surface area contributed by atoms with Gasteiger partial charge < -0.3 is 10.6 Å². The van der Waals surface area contributed by atoms with Crippen LogP contribution in [0.5, 0.6) is 0 Å². The van der Waals surface area contributed by atoms with Gasteiger partial charge in [-0.25, -0.2) is 4.68 Å². The molecule has 0 aliphatic carbocycles. The topological polar surface area (TPSA) is 115 Å². The molecule has 1 atom stereocenters. The number of halogens is 1. The molecule has 2 N–H and O–H groups in total. The van der Waals surface area contributed by atoms with Gasteiger partial charge in [0.15, 0.2) is 5.69 Å². The van der Waals surface area contributed by atoms with Crippen molar-refractivity contribution in [1.29, 1.82) is 0 Å². The summed E-state index contributed by atoms with van der Waals surface area (Å²) in [5, 5.41) is 24.5. The molecule has 1 aromatic carbocycles. The van der Waals surface area contributed by atoms with E-state index >= 15 is 0 Å². The summed E-state index contributed by atoms with van der Waals surface area (Å²) >= 11 is 0. The van der Waals surface area contributed by atoms with Gasteiger partial charge in [-0.2, -0.15) is 0 Å². The summed E-state index contributed by atoms with van der Waals surface area (Å²) in [6, 6.07) is 6.07. The van der Waals surface area contributed by atoms with Gasteiger partial charge in [0.1, 0.15) is 0 Å². The molecule has 1 fully saturated rings. The molecule has 2 heterocycles. The average Bonchev–Trinajstić information content (AvgIpc) is 3.18. The highest BCUT2D eigenvalue weighted by molar-refractivity contribution is 5.92. The molecule has 0 saturated carbocycles. The van der Waals surface area contributed by atoms with Crippen LogP contribution in [0, 0.1) is 10.1 Å². The van der Waals surface area contributed by atoms with Crippen LogP contribution in [0.15, 0.2) is 30.5 Å². The van der Waals surface area contributed by atoms with Crippen molar-refractivity contribution in [2.75, 3.05) is 13.1 Å². The molecule has 1 aromatic heterocycles. The summed E-state index contributed by atoms with van der Waals surface area (Å²) in [6.07, 6.45) is 2.33. The van der Waals surface area contributed by atoms with Gasteiger partial charge >= 0.3 is 0 Å². The molecule has 2 aromatic rings. The van der Waals surface area contributed by atoms with Crippen molar-refractivity contribution in [1.82, 2.24) is 25.6 Å². The fraction of sp³-hybridized carbons (Fsp3) is 0.308. The predicted molar refractivity (Wildman–Crippen MR) is 84.0 cm³/mol. The second kappa shape index (κ2) is 7.16. The maximum Gasteiger partial charge on any atom is 0.273 e. The van der Waals surface area contributed by atoms with Crippen LogP contribution in [0.3, 0.4) is 0 Å². The first-order chi connectivity index (χ1) is 10.6. The first kappa shape index (κ1) is 16.8. The summed E-state index contributed by atoms with van der Waals surface area (Å²) in [4.78, 5) is 22.4. The first-order valence-corrected chi connectivity index (χ1v) is 6.82. The number of nitro benzene ring substituents is 1. The van der Waals surface area contributed by atoms with E-state index in [1.54, 1.807) is 12.1 Å². The van der Waals surface area contributed by atoms with Gasteiger partial charge in [-0.05, 0) is 19.0 Å². The minimum atomic E-state index is -0.485. The van der Waals surface area contributed by atoms with Crippen molar-refractivity contribution >= 4 is 24.0 Å². The largest absolute Gasteiger partial charge is 0.347 e. The quantitative estimate of drug-likeness (QED) is 0.626. The third kappa shape index (κ3) is 3.82. The van der Waals surface area contributed by atoms with E-state index in [2.05, 4.69) is 20.9 Å². The van der Waals surface area contributed by atoms with E-state index in [-0.39, 0.29) is 35.7 Å². The van der Waals surface area contributed by atoms with Crippen LogP contribution in [0.1, 0.15) is 16.9 Å². The third-order valence-electron chi connectivity index (χ3n) is 3.43. The Kier molecular flexibility index (Phi) is 5.24. The monoisotopic (exact) mass is 338 g/mol. The molecular formula is C13H15ClN6O3. The van der Waals surface area contributed by atoms with E-state index in [0.29, 0.717) is 5.69 Å². The number of hydrogen-bond donors (Lipinski definition) is 2. The number of non-ortho nitro benzene ring substituents is 1. The van der Waals surface area contributed by atoms with E-state index in [1.807, 2.05) is 0 Å². The van der Waals surface area contributed by atoms with Crippen LogP contribution in [0.25, 0.3) is 5.69 Å². The zero-order valence-corrected chi connectivity index (χ0v) is 12.8.